The van der Waals surface area contributed by atoms with E-state index in [1.165, 1.54) is 0 Å². The topological polar surface area (TPSA) is 93.6 Å². The average molecular weight is 438 g/mol. The van der Waals surface area contributed by atoms with Crippen LogP contribution in [-0.2, 0) is 0 Å². The van der Waals surface area contributed by atoms with E-state index in [4.69, 9.17) is 15.2 Å². The number of guanidine groups is 1. The number of ether oxygens (including phenoxy) is 2. The molecule has 0 atom stereocenters. The number of benzene rings is 2. The molecule has 7 heteroatoms. The third-order valence-corrected chi connectivity index (χ3v) is 4.95. The maximum Gasteiger partial charge on any atom is 0.234 e. The van der Waals surface area contributed by atoms with Gasteiger partial charge in [-0.2, -0.15) is 10.2 Å². The molecule has 0 aliphatic rings. The van der Waals surface area contributed by atoms with Gasteiger partial charge in [-0.25, -0.2) is 5.43 Å². The Morgan fingerprint density at radius 3 is 1.66 bits per heavy atom. The highest BCUT2D eigenvalue weighted by Gasteiger charge is 2.05. The normalized spacial score (nSPS) is 12.2. The number of hydrogen-bond acceptors (Lipinski definition) is 5. The second kappa shape index (κ2) is 13.9. The highest BCUT2D eigenvalue weighted by Crippen LogP contribution is 2.16. The van der Waals surface area contributed by atoms with E-state index in [1.54, 1.807) is 12.4 Å². The van der Waals surface area contributed by atoms with Crippen molar-refractivity contribution >= 4 is 18.4 Å². The minimum Gasteiger partial charge on any atom is -0.490 e. The van der Waals surface area contributed by atoms with E-state index in [0.29, 0.717) is 0 Å². The molecule has 0 unspecified atom stereocenters. The van der Waals surface area contributed by atoms with E-state index in [0.717, 1.165) is 48.3 Å². The Labute approximate surface area is 191 Å². The molecule has 0 aliphatic carbocycles. The summed E-state index contributed by atoms with van der Waals surface area (Å²) >= 11 is 0. The quantitative estimate of drug-likeness (QED) is 0.275. The summed E-state index contributed by atoms with van der Waals surface area (Å²) in [4.78, 5) is 0. The highest BCUT2D eigenvalue weighted by atomic mass is 16.5. The largest absolute Gasteiger partial charge is 0.490 e. The molecular formula is C25H35N5O2. The molecule has 0 aromatic heterocycles. The van der Waals surface area contributed by atoms with Crippen LogP contribution in [-0.4, -0.2) is 30.6 Å². The zero-order chi connectivity index (χ0) is 23.2. The van der Waals surface area contributed by atoms with E-state index in [2.05, 4.69) is 48.4 Å². The molecule has 0 spiro atoms. The standard InChI is InChI=1S/C25H35N5O2/c1-5-21(6-2)31-23-13-9-19(10-14-23)17-27-29-25(26)30-28-18-20-11-15-24(16-12-20)32-22(7-3)8-4/h9-18,21-22H,5-8H2,1-4H3,(H3,26,29,30). The number of hydrogen-bond donors (Lipinski definition) is 2. The van der Waals surface area contributed by atoms with E-state index >= 15 is 0 Å². The summed E-state index contributed by atoms with van der Waals surface area (Å²) in [5.41, 5.74) is 10.3. The van der Waals surface area contributed by atoms with Crippen molar-refractivity contribution in [2.24, 2.45) is 21.0 Å². The molecule has 0 heterocycles. The second-order valence-electron chi connectivity index (χ2n) is 7.35. The molecule has 0 amide bonds. The van der Waals surface area contributed by atoms with Gasteiger partial charge in [-0.15, -0.1) is 5.10 Å². The molecule has 7 nitrogen and oxygen atoms in total. The van der Waals surface area contributed by atoms with Crippen molar-refractivity contribution in [3.05, 3.63) is 59.7 Å². The van der Waals surface area contributed by atoms with Gasteiger partial charge in [-0.3, -0.25) is 0 Å². The predicted molar refractivity (Wildman–Crippen MR) is 133 cm³/mol. The molecule has 32 heavy (non-hydrogen) atoms. The Morgan fingerprint density at radius 1 is 0.781 bits per heavy atom. The summed E-state index contributed by atoms with van der Waals surface area (Å²) in [6, 6.07) is 15.4. The summed E-state index contributed by atoms with van der Waals surface area (Å²) < 4.78 is 11.8. The maximum atomic E-state index is 5.90. The molecule has 0 saturated carbocycles. The Kier molecular flexibility index (Phi) is 10.8. The van der Waals surface area contributed by atoms with Gasteiger partial charge >= 0.3 is 0 Å². The summed E-state index contributed by atoms with van der Waals surface area (Å²) in [6.45, 7) is 8.49. The average Bonchev–Trinajstić information content (AvgIpc) is 2.83. The molecule has 3 N–H and O–H groups in total. The fourth-order valence-electron chi connectivity index (χ4n) is 2.91. The first-order chi connectivity index (χ1) is 15.6. The minimum absolute atomic E-state index is 0.0971. The third-order valence-electron chi connectivity index (χ3n) is 4.95. The Bertz CT molecular complexity index is 868. The van der Waals surface area contributed by atoms with Crippen molar-refractivity contribution in [1.29, 1.82) is 0 Å². The summed E-state index contributed by atoms with van der Waals surface area (Å²) in [5, 5.41) is 12.0. The molecule has 2 rings (SSSR count). The van der Waals surface area contributed by atoms with E-state index in [-0.39, 0.29) is 18.2 Å². The Balaban J connectivity index is 1.82. The molecule has 172 valence electrons. The molecule has 0 bridgehead atoms. The lowest BCUT2D eigenvalue weighted by atomic mass is 10.2. The Hall–Kier alpha value is -3.35. The van der Waals surface area contributed by atoms with Crippen LogP contribution in [0.5, 0.6) is 11.5 Å². The predicted octanol–water partition coefficient (Wildman–Crippen LogP) is 5.09. The first-order valence-corrected chi connectivity index (χ1v) is 11.3. The molecule has 0 radical (unpaired) electrons. The first kappa shape index (κ1) is 24.9. The number of nitrogens with one attached hydrogen (secondary N) is 1. The molecule has 0 fully saturated rings. The molecule has 0 saturated heterocycles. The van der Waals surface area contributed by atoms with Gasteiger partial charge < -0.3 is 15.2 Å². The van der Waals surface area contributed by atoms with Crippen LogP contribution in [0.2, 0.25) is 0 Å². The van der Waals surface area contributed by atoms with Crippen molar-refractivity contribution in [3.8, 4) is 11.5 Å². The van der Waals surface area contributed by atoms with Crippen molar-refractivity contribution in [2.45, 2.75) is 65.6 Å². The van der Waals surface area contributed by atoms with Crippen LogP contribution in [0, 0.1) is 0 Å². The lowest BCUT2D eigenvalue weighted by molar-refractivity contribution is 0.192. The fraction of sp³-hybridized carbons (Fsp3) is 0.400. The summed E-state index contributed by atoms with van der Waals surface area (Å²) in [7, 11) is 0. The molecular weight excluding hydrogens is 402 g/mol. The lowest BCUT2D eigenvalue weighted by Gasteiger charge is -2.15. The van der Waals surface area contributed by atoms with E-state index in [9.17, 15) is 0 Å². The maximum absolute atomic E-state index is 5.90. The number of nitrogens with zero attached hydrogens (tertiary/aromatic N) is 3. The smallest absolute Gasteiger partial charge is 0.234 e. The monoisotopic (exact) mass is 437 g/mol. The van der Waals surface area contributed by atoms with Gasteiger partial charge in [0.15, 0.2) is 0 Å². The summed E-state index contributed by atoms with van der Waals surface area (Å²) in [6.07, 6.45) is 7.72. The lowest BCUT2D eigenvalue weighted by Crippen LogP contribution is -2.26. The van der Waals surface area contributed by atoms with Crippen molar-refractivity contribution in [2.75, 3.05) is 0 Å². The van der Waals surface area contributed by atoms with E-state index < -0.39 is 0 Å². The number of rotatable bonds is 12. The first-order valence-electron chi connectivity index (χ1n) is 11.3. The number of hydrazone groups is 1. The van der Waals surface area contributed by atoms with Crippen LogP contribution in [0.25, 0.3) is 0 Å². The van der Waals surface area contributed by atoms with Gasteiger partial charge in [0, 0.05) is 0 Å². The van der Waals surface area contributed by atoms with Gasteiger partial charge in [0.05, 0.1) is 24.6 Å². The van der Waals surface area contributed by atoms with E-state index in [1.807, 2.05) is 48.5 Å². The van der Waals surface area contributed by atoms with Gasteiger partial charge in [0.1, 0.15) is 11.5 Å². The fourth-order valence-corrected chi connectivity index (χ4v) is 2.91. The highest BCUT2D eigenvalue weighted by molar-refractivity contribution is 5.84. The van der Waals surface area contributed by atoms with Crippen molar-refractivity contribution < 1.29 is 9.47 Å². The minimum atomic E-state index is 0.0971. The second-order valence-corrected chi connectivity index (χ2v) is 7.35. The van der Waals surface area contributed by atoms with Gasteiger partial charge in [-0.1, -0.05) is 27.7 Å². The Morgan fingerprint density at radius 2 is 1.22 bits per heavy atom. The van der Waals surface area contributed by atoms with Gasteiger partial charge in [0.2, 0.25) is 5.96 Å². The molecule has 2 aromatic carbocycles. The van der Waals surface area contributed by atoms with Crippen LogP contribution in [0.15, 0.2) is 63.8 Å². The molecule has 2 aromatic rings. The van der Waals surface area contributed by atoms with Crippen LogP contribution >= 0.6 is 0 Å². The SMILES string of the molecule is CCC(CC)Oc1ccc(C=NN=C(N)NN=Cc2ccc(OC(CC)CC)cc2)cc1. The zero-order valence-electron chi connectivity index (χ0n) is 19.5. The van der Waals surface area contributed by atoms with Gasteiger partial charge in [-0.05, 0) is 85.3 Å². The van der Waals surface area contributed by atoms with Gasteiger partial charge in [0.25, 0.3) is 0 Å². The number of nitrogens with two attached hydrogens (primary N) is 1. The van der Waals surface area contributed by atoms with Crippen LogP contribution in [0.4, 0.5) is 0 Å². The third kappa shape index (κ3) is 8.79. The van der Waals surface area contributed by atoms with Crippen LogP contribution in [0.1, 0.15) is 64.5 Å². The summed E-state index contributed by atoms with van der Waals surface area (Å²) in [5.74, 6) is 1.80. The van der Waals surface area contributed by atoms with Crippen molar-refractivity contribution in [3.63, 3.8) is 0 Å². The zero-order valence-corrected chi connectivity index (χ0v) is 19.5. The van der Waals surface area contributed by atoms with Crippen molar-refractivity contribution in [1.82, 2.24) is 5.43 Å². The molecule has 0 aliphatic heterocycles. The van der Waals surface area contributed by atoms with Crippen LogP contribution in [0.3, 0.4) is 0 Å². The van der Waals surface area contributed by atoms with Crippen LogP contribution < -0.4 is 20.6 Å².